The Bertz CT molecular complexity index is 982. The number of aromatic nitrogens is 1. The molecule has 0 saturated heterocycles. The Labute approximate surface area is 128 Å². The molecule has 0 amide bonds. The molecule has 0 spiro atoms. The summed E-state index contributed by atoms with van der Waals surface area (Å²) < 4.78 is 3.17. The SMILES string of the molecule is O=c1c2cc3ccccc3cc2[se]n1Cc1ccccc1. The summed E-state index contributed by atoms with van der Waals surface area (Å²) in [6.07, 6.45) is 0. The van der Waals surface area contributed by atoms with Gasteiger partial charge < -0.3 is 0 Å². The number of benzene rings is 3. The molecule has 0 aliphatic heterocycles. The minimum absolute atomic E-state index is 0.0757. The Morgan fingerprint density at radius 3 is 2.29 bits per heavy atom. The Kier molecular flexibility index (Phi) is 3.03. The quantitative estimate of drug-likeness (QED) is 0.514. The van der Waals surface area contributed by atoms with Gasteiger partial charge in [0.25, 0.3) is 0 Å². The zero-order valence-electron chi connectivity index (χ0n) is 11.3. The van der Waals surface area contributed by atoms with Crippen molar-refractivity contribution in [2.45, 2.75) is 6.54 Å². The molecule has 21 heavy (non-hydrogen) atoms. The van der Waals surface area contributed by atoms with Crippen molar-refractivity contribution in [2.75, 3.05) is 0 Å². The van der Waals surface area contributed by atoms with Crippen molar-refractivity contribution in [3.63, 3.8) is 0 Å². The fourth-order valence-corrected chi connectivity index (χ4v) is 4.83. The van der Waals surface area contributed by atoms with E-state index in [9.17, 15) is 4.79 Å². The molecule has 2 nitrogen and oxygen atoms in total. The van der Waals surface area contributed by atoms with Crippen molar-refractivity contribution in [3.8, 4) is 0 Å². The molecular weight excluding hydrogens is 325 g/mol. The molecule has 0 aliphatic carbocycles. The van der Waals surface area contributed by atoms with Crippen LogP contribution in [-0.4, -0.2) is 18.3 Å². The van der Waals surface area contributed by atoms with E-state index < -0.39 is 0 Å². The second-order valence-corrected chi connectivity index (χ2v) is 7.34. The minimum atomic E-state index is 0.0757. The van der Waals surface area contributed by atoms with Gasteiger partial charge in [0.05, 0.1) is 0 Å². The maximum atomic E-state index is 12.6. The second kappa shape index (κ2) is 5.03. The molecule has 3 aromatic carbocycles. The summed E-state index contributed by atoms with van der Waals surface area (Å²) >= 11 is 0.0757. The monoisotopic (exact) mass is 339 g/mol. The third-order valence-corrected chi connectivity index (χ3v) is 5.88. The van der Waals surface area contributed by atoms with Crippen molar-refractivity contribution in [2.24, 2.45) is 0 Å². The van der Waals surface area contributed by atoms with Crippen molar-refractivity contribution in [3.05, 3.63) is 82.6 Å². The van der Waals surface area contributed by atoms with Crippen LogP contribution in [0, 0.1) is 0 Å². The molecule has 1 heterocycles. The Morgan fingerprint density at radius 2 is 1.52 bits per heavy atom. The van der Waals surface area contributed by atoms with E-state index in [1.165, 1.54) is 15.2 Å². The molecular formula is C18H13NOSe. The molecule has 1 aromatic heterocycles. The third-order valence-electron chi connectivity index (χ3n) is 3.68. The summed E-state index contributed by atoms with van der Waals surface area (Å²) in [7, 11) is 0. The first-order valence-corrected chi connectivity index (χ1v) is 8.50. The van der Waals surface area contributed by atoms with Gasteiger partial charge in [-0.2, -0.15) is 0 Å². The molecule has 0 aliphatic rings. The van der Waals surface area contributed by atoms with Crippen LogP contribution in [0.5, 0.6) is 0 Å². The molecule has 0 radical (unpaired) electrons. The first kappa shape index (κ1) is 12.6. The summed E-state index contributed by atoms with van der Waals surface area (Å²) in [6.45, 7) is 0.699. The molecule has 4 rings (SSSR count). The van der Waals surface area contributed by atoms with Gasteiger partial charge in [0, 0.05) is 0 Å². The van der Waals surface area contributed by atoms with Gasteiger partial charge in [0.2, 0.25) is 0 Å². The van der Waals surface area contributed by atoms with E-state index in [1.807, 2.05) is 40.0 Å². The van der Waals surface area contributed by atoms with Crippen LogP contribution in [0.2, 0.25) is 0 Å². The van der Waals surface area contributed by atoms with Gasteiger partial charge >= 0.3 is 128 Å². The van der Waals surface area contributed by atoms with Gasteiger partial charge in [0.15, 0.2) is 0 Å². The van der Waals surface area contributed by atoms with Gasteiger partial charge in [-0.3, -0.25) is 0 Å². The van der Waals surface area contributed by atoms with E-state index in [2.05, 4.69) is 30.3 Å². The zero-order valence-corrected chi connectivity index (χ0v) is 13.0. The number of rotatable bonds is 2. The fraction of sp³-hybridized carbons (Fsp3) is 0.0556. The van der Waals surface area contributed by atoms with E-state index in [0.717, 1.165) is 10.8 Å². The molecule has 0 atom stereocenters. The van der Waals surface area contributed by atoms with E-state index in [4.69, 9.17) is 0 Å². The van der Waals surface area contributed by atoms with Crippen molar-refractivity contribution in [1.82, 2.24) is 3.56 Å². The van der Waals surface area contributed by atoms with E-state index in [0.29, 0.717) is 6.54 Å². The average Bonchev–Trinajstić information content (AvgIpc) is 2.82. The van der Waals surface area contributed by atoms with E-state index >= 15 is 0 Å². The molecule has 0 fully saturated rings. The Hall–Kier alpha value is -2.09. The molecule has 4 aromatic rings. The van der Waals surface area contributed by atoms with Crippen LogP contribution >= 0.6 is 0 Å². The molecule has 0 bridgehead atoms. The maximum absolute atomic E-state index is 12.6. The van der Waals surface area contributed by atoms with Crippen LogP contribution < -0.4 is 5.56 Å². The summed E-state index contributed by atoms with van der Waals surface area (Å²) in [4.78, 5) is 12.6. The summed E-state index contributed by atoms with van der Waals surface area (Å²) in [5, 5.41) is 3.24. The Balaban J connectivity index is 1.89. The van der Waals surface area contributed by atoms with Gasteiger partial charge in [-0.1, -0.05) is 0 Å². The summed E-state index contributed by atoms with van der Waals surface area (Å²) in [6, 6.07) is 22.6. The first-order chi connectivity index (χ1) is 10.3. The van der Waals surface area contributed by atoms with Crippen LogP contribution in [0.3, 0.4) is 0 Å². The number of hydrogen-bond acceptors (Lipinski definition) is 1. The van der Waals surface area contributed by atoms with Crippen molar-refractivity contribution >= 4 is 35.2 Å². The summed E-state index contributed by atoms with van der Waals surface area (Å²) in [5.41, 5.74) is 1.35. The van der Waals surface area contributed by atoms with Crippen LogP contribution in [0.1, 0.15) is 5.56 Å². The third kappa shape index (κ3) is 2.25. The molecule has 0 N–H and O–H groups in total. The first-order valence-electron chi connectivity index (χ1n) is 6.88. The number of nitrogens with zero attached hydrogens (tertiary/aromatic N) is 1. The van der Waals surface area contributed by atoms with Crippen LogP contribution in [0.15, 0.2) is 71.5 Å². The van der Waals surface area contributed by atoms with Gasteiger partial charge in [-0.25, -0.2) is 0 Å². The van der Waals surface area contributed by atoms with Crippen LogP contribution in [-0.2, 0) is 6.54 Å². The number of hydrogen-bond donors (Lipinski definition) is 0. The molecule has 3 heteroatoms. The average molecular weight is 338 g/mol. The van der Waals surface area contributed by atoms with Crippen LogP contribution in [0.25, 0.3) is 20.4 Å². The summed E-state index contributed by atoms with van der Waals surface area (Å²) in [5.74, 6) is 0. The van der Waals surface area contributed by atoms with Gasteiger partial charge in [-0.15, -0.1) is 0 Å². The normalized spacial score (nSPS) is 11.2. The van der Waals surface area contributed by atoms with Crippen molar-refractivity contribution < 1.29 is 0 Å². The molecule has 0 unspecified atom stereocenters. The fourth-order valence-electron chi connectivity index (χ4n) is 2.61. The second-order valence-electron chi connectivity index (χ2n) is 5.11. The predicted molar refractivity (Wildman–Crippen MR) is 88.2 cm³/mol. The molecule has 0 saturated carbocycles. The zero-order chi connectivity index (χ0) is 14.2. The standard InChI is InChI=1S/C18H13NOSe/c20-18-16-10-14-8-4-5-9-15(14)11-17(16)21-19(18)12-13-6-2-1-3-7-13/h1-11H,12H2. The molecule has 102 valence electrons. The van der Waals surface area contributed by atoms with Gasteiger partial charge in [-0.05, 0) is 0 Å². The topological polar surface area (TPSA) is 22.0 Å². The van der Waals surface area contributed by atoms with Gasteiger partial charge in [0.1, 0.15) is 0 Å². The predicted octanol–water partition coefficient (Wildman–Crippen LogP) is 3.26. The number of fused-ring (bicyclic) bond motifs is 2. The van der Waals surface area contributed by atoms with Crippen LogP contribution in [0.4, 0.5) is 0 Å². The van der Waals surface area contributed by atoms with E-state index in [1.54, 1.807) is 0 Å². The van der Waals surface area contributed by atoms with E-state index in [-0.39, 0.29) is 20.3 Å². The van der Waals surface area contributed by atoms with Crippen molar-refractivity contribution in [1.29, 1.82) is 0 Å². The Morgan fingerprint density at radius 1 is 0.857 bits per heavy atom.